The summed E-state index contributed by atoms with van der Waals surface area (Å²) >= 11 is 5.89. The number of hydrogen-bond donors (Lipinski definition) is 2. The van der Waals surface area contributed by atoms with Gasteiger partial charge in [0.15, 0.2) is 16.4 Å². The molecule has 0 aliphatic rings. The molecular formula is C14H17ClN2O6S. The van der Waals surface area contributed by atoms with Gasteiger partial charge in [-0.25, -0.2) is 8.42 Å². The molecule has 0 spiro atoms. The van der Waals surface area contributed by atoms with Crippen LogP contribution in [0.15, 0.2) is 23.1 Å². The number of hydrogen-bond acceptors (Lipinski definition) is 6. The minimum atomic E-state index is -3.45. The van der Waals surface area contributed by atoms with Crippen molar-refractivity contribution >= 4 is 44.9 Å². The van der Waals surface area contributed by atoms with E-state index in [1.807, 2.05) is 0 Å². The lowest BCUT2D eigenvalue weighted by atomic mass is 10.3. The van der Waals surface area contributed by atoms with Crippen LogP contribution in [0.4, 0.5) is 5.69 Å². The van der Waals surface area contributed by atoms with Gasteiger partial charge in [0.2, 0.25) is 5.91 Å². The molecule has 0 atom stereocenters. The molecule has 0 aliphatic heterocycles. The van der Waals surface area contributed by atoms with Crippen molar-refractivity contribution < 1.29 is 27.5 Å². The largest absolute Gasteiger partial charge is 0.456 e. The zero-order chi connectivity index (χ0) is 18.3. The fourth-order valence-corrected chi connectivity index (χ4v) is 2.39. The van der Waals surface area contributed by atoms with Crippen LogP contribution < -0.4 is 10.6 Å². The van der Waals surface area contributed by atoms with Crippen molar-refractivity contribution in [1.82, 2.24) is 5.32 Å². The SMILES string of the molecule is CC(=O)NCCC(=O)OCC(=O)Nc1cc(S(C)(=O)=O)ccc1Cl. The summed E-state index contributed by atoms with van der Waals surface area (Å²) in [5.41, 5.74) is 0.0962. The smallest absolute Gasteiger partial charge is 0.308 e. The molecule has 0 bridgehead atoms. The van der Waals surface area contributed by atoms with Gasteiger partial charge in [-0.1, -0.05) is 11.6 Å². The maximum absolute atomic E-state index is 11.7. The lowest BCUT2D eigenvalue weighted by Crippen LogP contribution is -2.26. The number of sulfone groups is 1. The van der Waals surface area contributed by atoms with Crippen LogP contribution in [-0.4, -0.2) is 45.6 Å². The minimum absolute atomic E-state index is 0.00509. The summed E-state index contributed by atoms with van der Waals surface area (Å²) in [6.45, 7) is 0.865. The highest BCUT2D eigenvalue weighted by Gasteiger charge is 2.13. The Balaban J connectivity index is 2.56. The van der Waals surface area contributed by atoms with Gasteiger partial charge in [0.25, 0.3) is 5.91 Å². The van der Waals surface area contributed by atoms with Crippen molar-refractivity contribution in [2.24, 2.45) is 0 Å². The minimum Gasteiger partial charge on any atom is -0.456 e. The number of halogens is 1. The van der Waals surface area contributed by atoms with Gasteiger partial charge < -0.3 is 15.4 Å². The Kier molecular flexibility index (Phi) is 7.18. The summed E-state index contributed by atoms with van der Waals surface area (Å²) < 4.78 is 27.7. The van der Waals surface area contributed by atoms with Gasteiger partial charge in [0.1, 0.15) is 0 Å². The molecule has 1 aromatic rings. The Labute approximate surface area is 144 Å². The molecule has 0 unspecified atom stereocenters. The quantitative estimate of drug-likeness (QED) is 0.678. The standard InChI is InChI=1S/C14H17ClN2O6S/c1-9(18)16-6-5-14(20)23-8-13(19)17-12-7-10(24(2,21)22)3-4-11(12)15/h3-4,7H,5-6,8H2,1-2H3,(H,16,18)(H,17,19). The average molecular weight is 377 g/mol. The van der Waals surface area contributed by atoms with E-state index >= 15 is 0 Å². The van der Waals surface area contributed by atoms with E-state index in [1.54, 1.807) is 0 Å². The summed E-state index contributed by atoms with van der Waals surface area (Å²) in [6, 6.07) is 3.87. The first-order chi connectivity index (χ1) is 11.1. The van der Waals surface area contributed by atoms with E-state index in [0.717, 1.165) is 6.26 Å². The third kappa shape index (κ3) is 6.97. The number of nitrogens with one attached hydrogen (secondary N) is 2. The van der Waals surface area contributed by atoms with Crippen LogP contribution in [0.2, 0.25) is 5.02 Å². The molecule has 2 N–H and O–H groups in total. The van der Waals surface area contributed by atoms with Crippen molar-refractivity contribution in [2.45, 2.75) is 18.2 Å². The average Bonchev–Trinajstić information content (AvgIpc) is 2.46. The summed E-state index contributed by atoms with van der Waals surface area (Å²) in [7, 11) is -3.45. The van der Waals surface area contributed by atoms with Gasteiger partial charge in [-0.05, 0) is 18.2 Å². The zero-order valence-electron chi connectivity index (χ0n) is 13.1. The van der Waals surface area contributed by atoms with Gasteiger partial charge in [-0.2, -0.15) is 0 Å². The van der Waals surface area contributed by atoms with Crippen LogP contribution in [0.5, 0.6) is 0 Å². The lowest BCUT2D eigenvalue weighted by molar-refractivity contribution is -0.147. The first kappa shape index (κ1) is 19.9. The highest BCUT2D eigenvalue weighted by Crippen LogP contribution is 2.25. The second-order valence-electron chi connectivity index (χ2n) is 4.86. The molecule has 0 aliphatic carbocycles. The molecular weight excluding hydrogens is 360 g/mol. The van der Waals surface area contributed by atoms with Crippen LogP contribution in [0, 0.1) is 0 Å². The Morgan fingerprint density at radius 3 is 2.50 bits per heavy atom. The highest BCUT2D eigenvalue weighted by molar-refractivity contribution is 7.90. The van der Waals surface area contributed by atoms with E-state index in [2.05, 4.69) is 10.6 Å². The second kappa shape index (κ2) is 8.65. The molecule has 0 saturated heterocycles. The van der Waals surface area contributed by atoms with E-state index in [0.29, 0.717) is 0 Å². The molecule has 0 heterocycles. The topological polar surface area (TPSA) is 119 Å². The molecule has 0 fully saturated rings. The third-order valence-electron chi connectivity index (χ3n) is 2.71. The molecule has 0 saturated carbocycles. The van der Waals surface area contributed by atoms with Crippen molar-refractivity contribution in [3.8, 4) is 0 Å². The van der Waals surface area contributed by atoms with Crippen LogP contribution in [0.1, 0.15) is 13.3 Å². The van der Waals surface area contributed by atoms with Crippen LogP contribution in [-0.2, 0) is 29.0 Å². The van der Waals surface area contributed by atoms with Gasteiger partial charge in [0.05, 0.1) is 22.0 Å². The van der Waals surface area contributed by atoms with Gasteiger partial charge in [0, 0.05) is 19.7 Å². The van der Waals surface area contributed by atoms with Crippen molar-refractivity contribution in [3.63, 3.8) is 0 Å². The second-order valence-corrected chi connectivity index (χ2v) is 7.28. The van der Waals surface area contributed by atoms with E-state index in [1.165, 1.54) is 25.1 Å². The number of amides is 2. The summed E-state index contributed by atoms with van der Waals surface area (Å²) in [5, 5.41) is 4.93. The molecule has 0 aromatic heterocycles. The Morgan fingerprint density at radius 2 is 1.92 bits per heavy atom. The van der Waals surface area contributed by atoms with E-state index in [9.17, 15) is 22.8 Å². The van der Waals surface area contributed by atoms with E-state index in [4.69, 9.17) is 16.3 Å². The molecule has 132 valence electrons. The predicted octanol–water partition coefficient (Wildman–Crippen LogP) is 0.751. The van der Waals surface area contributed by atoms with Crippen LogP contribution >= 0.6 is 11.6 Å². The number of anilines is 1. The molecule has 1 rings (SSSR count). The highest BCUT2D eigenvalue weighted by atomic mass is 35.5. The van der Waals surface area contributed by atoms with Crippen LogP contribution in [0.3, 0.4) is 0 Å². The number of carbonyl (C=O) groups is 3. The summed E-state index contributed by atoms with van der Waals surface area (Å²) in [6.07, 6.45) is 0.954. The zero-order valence-corrected chi connectivity index (χ0v) is 14.7. The number of ether oxygens (including phenoxy) is 1. The Hall–Kier alpha value is -2.13. The van der Waals surface area contributed by atoms with Crippen molar-refractivity contribution in [1.29, 1.82) is 0 Å². The first-order valence-corrected chi connectivity index (χ1v) is 9.06. The Bertz CT molecular complexity index is 748. The fourth-order valence-electron chi connectivity index (χ4n) is 1.58. The lowest BCUT2D eigenvalue weighted by Gasteiger charge is -2.09. The van der Waals surface area contributed by atoms with Crippen LogP contribution in [0.25, 0.3) is 0 Å². The van der Waals surface area contributed by atoms with E-state index < -0.39 is 28.3 Å². The summed E-state index contributed by atoms with van der Waals surface area (Å²) in [4.78, 5) is 33.8. The molecule has 0 radical (unpaired) electrons. The first-order valence-electron chi connectivity index (χ1n) is 6.79. The number of rotatable bonds is 7. The molecule has 24 heavy (non-hydrogen) atoms. The third-order valence-corrected chi connectivity index (χ3v) is 4.15. The molecule has 1 aromatic carbocycles. The van der Waals surface area contributed by atoms with Gasteiger partial charge in [-0.15, -0.1) is 0 Å². The number of carbonyl (C=O) groups excluding carboxylic acids is 3. The number of esters is 1. The van der Waals surface area contributed by atoms with Gasteiger partial charge in [-0.3, -0.25) is 14.4 Å². The fraction of sp³-hybridized carbons (Fsp3) is 0.357. The maximum Gasteiger partial charge on any atom is 0.308 e. The maximum atomic E-state index is 11.7. The monoisotopic (exact) mass is 376 g/mol. The van der Waals surface area contributed by atoms with Crippen molar-refractivity contribution in [2.75, 3.05) is 24.7 Å². The van der Waals surface area contributed by atoms with Crippen molar-refractivity contribution in [3.05, 3.63) is 23.2 Å². The number of benzene rings is 1. The molecule has 8 nitrogen and oxygen atoms in total. The predicted molar refractivity (Wildman–Crippen MR) is 87.5 cm³/mol. The molecule has 10 heteroatoms. The van der Waals surface area contributed by atoms with Gasteiger partial charge >= 0.3 is 5.97 Å². The summed E-state index contributed by atoms with van der Waals surface area (Å²) in [5.74, 6) is -1.61. The Morgan fingerprint density at radius 1 is 1.25 bits per heavy atom. The normalized spacial score (nSPS) is 10.8. The van der Waals surface area contributed by atoms with E-state index in [-0.39, 0.29) is 34.5 Å². The molecule has 2 amide bonds.